The lowest BCUT2D eigenvalue weighted by atomic mass is 10.1. The number of rotatable bonds is 11. The van der Waals surface area contributed by atoms with Gasteiger partial charge in [0.15, 0.2) is 17.3 Å². The minimum atomic E-state index is -0.536. The molecular formula is C27H26FN5O4. The van der Waals surface area contributed by atoms with Crippen LogP contribution in [0.25, 0.3) is 0 Å². The van der Waals surface area contributed by atoms with Gasteiger partial charge < -0.3 is 24.7 Å². The number of hydrogen-bond donors (Lipinski definition) is 2. The SMILES string of the molecule is COCCOc1ccc(Nc2nccc(CC(=O)c3cccc(NC(=O)c4cccn4C)c3)n2)cc1F. The number of aromatic nitrogens is 3. The van der Waals surface area contributed by atoms with E-state index in [1.807, 2.05) is 0 Å². The number of amides is 1. The van der Waals surface area contributed by atoms with E-state index in [1.165, 1.54) is 25.4 Å². The number of ether oxygens (including phenoxy) is 2. The van der Waals surface area contributed by atoms with Gasteiger partial charge >= 0.3 is 0 Å². The molecule has 0 spiro atoms. The van der Waals surface area contributed by atoms with E-state index >= 15 is 0 Å². The molecule has 0 aliphatic heterocycles. The minimum absolute atomic E-state index is 0.0209. The number of methoxy groups -OCH3 is 1. The van der Waals surface area contributed by atoms with Gasteiger partial charge in [-0.25, -0.2) is 14.4 Å². The summed E-state index contributed by atoms with van der Waals surface area (Å²) < 4.78 is 26.2. The highest BCUT2D eigenvalue weighted by molar-refractivity contribution is 6.04. The van der Waals surface area contributed by atoms with Crippen LogP contribution in [-0.2, 0) is 18.2 Å². The molecule has 4 aromatic rings. The number of anilines is 3. The Hall–Kier alpha value is -4.57. The highest BCUT2D eigenvalue weighted by Crippen LogP contribution is 2.23. The average Bonchev–Trinajstić information content (AvgIpc) is 3.32. The molecule has 2 N–H and O–H groups in total. The third kappa shape index (κ3) is 6.77. The number of carbonyl (C=O) groups excluding carboxylic acids is 2. The van der Waals surface area contributed by atoms with E-state index in [-0.39, 0.29) is 36.4 Å². The van der Waals surface area contributed by atoms with Crippen molar-refractivity contribution in [3.05, 3.63) is 95.8 Å². The second kappa shape index (κ2) is 11.9. The van der Waals surface area contributed by atoms with E-state index < -0.39 is 5.82 Å². The fourth-order valence-corrected chi connectivity index (χ4v) is 3.54. The van der Waals surface area contributed by atoms with E-state index in [1.54, 1.807) is 66.3 Å². The Morgan fingerprint density at radius 2 is 1.89 bits per heavy atom. The zero-order chi connectivity index (χ0) is 26.2. The van der Waals surface area contributed by atoms with E-state index in [0.29, 0.717) is 34.9 Å². The molecule has 2 aromatic carbocycles. The maximum Gasteiger partial charge on any atom is 0.272 e. The molecule has 0 radical (unpaired) electrons. The van der Waals surface area contributed by atoms with Gasteiger partial charge in [-0.3, -0.25) is 9.59 Å². The molecule has 190 valence electrons. The molecule has 9 nitrogen and oxygen atoms in total. The summed E-state index contributed by atoms with van der Waals surface area (Å²) in [6.45, 7) is 0.590. The zero-order valence-corrected chi connectivity index (χ0v) is 20.4. The lowest BCUT2D eigenvalue weighted by molar-refractivity contribution is 0.0988. The van der Waals surface area contributed by atoms with Gasteiger partial charge in [-0.05, 0) is 42.5 Å². The summed E-state index contributed by atoms with van der Waals surface area (Å²) in [5.41, 5.74) is 2.37. The van der Waals surface area contributed by atoms with Crippen molar-refractivity contribution >= 4 is 29.0 Å². The first kappa shape index (κ1) is 25.5. The van der Waals surface area contributed by atoms with Gasteiger partial charge in [0.2, 0.25) is 5.95 Å². The van der Waals surface area contributed by atoms with Crippen LogP contribution in [-0.4, -0.2) is 46.5 Å². The monoisotopic (exact) mass is 503 g/mol. The fourth-order valence-electron chi connectivity index (χ4n) is 3.54. The first-order valence-corrected chi connectivity index (χ1v) is 11.5. The quantitative estimate of drug-likeness (QED) is 0.231. The van der Waals surface area contributed by atoms with Gasteiger partial charge in [-0.1, -0.05) is 12.1 Å². The third-order valence-electron chi connectivity index (χ3n) is 5.41. The molecule has 0 fully saturated rings. The number of benzene rings is 2. The lowest BCUT2D eigenvalue weighted by Gasteiger charge is -2.10. The highest BCUT2D eigenvalue weighted by Gasteiger charge is 2.13. The van der Waals surface area contributed by atoms with E-state index in [2.05, 4.69) is 20.6 Å². The Balaban J connectivity index is 1.39. The van der Waals surface area contributed by atoms with E-state index in [0.717, 1.165) is 0 Å². The largest absolute Gasteiger partial charge is 0.488 e. The normalized spacial score (nSPS) is 10.7. The van der Waals surface area contributed by atoms with Crippen LogP contribution in [0.3, 0.4) is 0 Å². The first-order chi connectivity index (χ1) is 17.9. The first-order valence-electron chi connectivity index (χ1n) is 11.5. The molecule has 37 heavy (non-hydrogen) atoms. The third-order valence-corrected chi connectivity index (χ3v) is 5.41. The number of ketones is 1. The molecule has 2 aromatic heterocycles. The van der Waals surface area contributed by atoms with Gasteiger partial charge in [0.25, 0.3) is 5.91 Å². The Morgan fingerprint density at radius 1 is 1.03 bits per heavy atom. The van der Waals surface area contributed by atoms with Crippen LogP contribution in [0.1, 0.15) is 26.5 Å². The number of Topliss-reactive ketones (excluding diaryl/α,β-unsaturated/α-hetero) is 1. The highest BCUT2D eigenvalue weighted by atomic mass is 19.1. The summed E-state index contributed by atoms with van der Waals surface area (Å²) in [6, 6.07) is 16.3. The standard InChI is InChI=1S/C27H26FN5O4/c1-33-12-4-7-23(33)26(35)30-19-6-3-5-18(15-19)24(34)17-21-10-11-29-27(32-21)31-20-8-9-25(22(28)16-20)37-14-13-36-2/h3-12,15-16H,13-14,17H2,1-2H3,(H,30,35)(H,29,31,32). The van der Waals surface area contributed by atoms with Crippen LogP contribution in [0.2, 0.25) is 0 Å². The van der Waals surface area contributed by atoms with Crippen molar-refractivity contribution in [1.29, 1.82) is 0 Å². The summed E-state index contributed by atoms with van der Waals surface area (Å²) in [5, 5.41) is 5.75. The zero-order valence-electron chi connectivity index (χ0n) is 20.4. The molecule has 4 rings (SSSR count). The summed E-state index contributed by atoms with van der Waals surface area (Å²) in [7, 11) is 3.32. The number of nitrogens with one attached hydrogen (secondary N) is 2. The average molecular weight is 504 g/mol. The van der Waals surface area contributed by atoms with Crippen LogP contribution >= 0.6 is 0 Å². The number of hydrogen-bond acceptors (Lipinski definition) is 7. The van der Waals surface area contributed by atoms with Crippen molar-refractivity contribution in [3.63, 3.8) is 0 Å². The van der Waals surface area contributed by atoms with Crippen LogP contribution in [0.15, 0.2) is 73.1 Å². The molecule has 0 atom stereocenters. The van der Waals surface area contributed by atoms with Gasteiger partial charge in [-0.15, -0.1) is 0 Å². The Bertz CT molecular complexity index is 1410. The van der Waals surface area contributed by atoms with Crippen molar-refractivity contribution in [2.24, 2.45) is 7.05 Å². The Labute approximate surface area is 213 Å². The molecule has 1 amide bonds. The molecule has 0 saturated carbocycles. The number of halogens is 1. The smallest absolute Gasteiger partial charge is 0.272 e. The van der Waals surface area contributed by atoms with Gasteiger partial charge in [-0.2, -0.15) is 0 Å². The van der Waals surface area contributed by atoms with Crippen molar-refractivity contribution in [3.8, 4) is 5.75 Å². The van der Waals surface area contributed by atoms with E-state index in [4.69, 9.17) is 9.47 Å². The molecule has 0 aliphatic carbocycles. The van der Waals surface area contributed by atoms with Crippen molar-refractivity contribution < 1.29 is 23.5 Å². The van der Waals surface area contributed by atoms with Gasteiger partial charge in [0.1, 0.15) is 12.3 Å². The van der Waals surface area contributed by atoms with Gasteiger partial charge in [0, 0.05) is 49.6 Å². The molecule has 0 unspecified atom stereocenters. The molecule has 0 aliphatic rings. The predicted molar refractivity (Wildman–Crippen MR) is 137 cm³/mol. The predicted octanol–water partition coefficient (Wildman–Crippen LogP) is 4.40. The van der Waals surface area contributed by atoms with Crippen molar-refractivity contribution in [2.45, 2.75) is 6.42 Å². The lowest BCUT2D eigenvalue weighted by Crippen LogP contribution is -2.15. The van der Waals surface area contributed by atoms with Crippen LogP contribution in [0, 0.1) is 5.82 Å². The fraction of sp³-hybridized carbons (Fsp3) is 0.185. The second-order valence-corrected chi connectivity index (χ2v) is 8.12. The summed E-state index contributed by atoms with van der Waals surface area (Å²) in [6.07, 6.45) is 3.32. The number of carbonyl (C=O) groups is 2. The van der Waals surface area contributed by atoms with Crippen LogP contribution < -0.4 is 15.4 Å². The Morgan fingerprint density at radius 3 is 2.65 bits per heavy atom. The summed E-state index contributed by atoms with van der Waals surface area (Å²) in [4.78, 5) is 33.9. The molecule has 0 bridgehead atoms. The van der Waals surface area contributed by atoms with Gasteiger partial charge in [0.05, 0.1) is 18.7 Å². The summed E-state index contributed by atoms with van der Waals surface area (Å²) in [5.74, 6) is -0.643. The molecule has 10 heteroatoms. The number of aryl methyl sites for hydroxylation is 1. The molecule has 2 heterocycles. The molecule has 0 saturated heterocycles. The van der Waals surface area contributed by atoms with Crippen LogP contribution in [0.5, 0.6) is 5.75 Å². The van der Waals surface area contributed by atoms with Crippen molar-refractivity contribution in [2.75, 3.05) is 31.0 Å². The molecular weight excluding hydrogens is 477 g/mol. The van der Waals surface area contributed by atoms with Crippen LogP contribution in [0.4, 0.5) is 21.7 Å². The maximum absolute atomic E-state index is 14.3. The topological polar surface area (TPSA) is 107 Å². The van der Waals surface area contributed by atoms with Crippen molar-refractivity contribution in [1.82, 2.24) is 14.5 Å². The van der Waals surface area contributed by atoms with E-state index in [9.17, 15) is 14.0 Å². The summed E-state index contributed by atoms with van der Waals surface area (Å²) >= 11 is 0. The number of nitrogens with zero attached hydrogens (tertiary/aromatic N) is 3. The second-order valence-electron chi connectivity index (χ2n) is 8.12. The maximum atomic E-state index is 14.3. The minimum Gasteiger partial charge on any atom is -0.488 e. The Kier molecular flexibility index (Phi) is 8.22.